The van der Waals surface area contributed by atoms with Crippen molar-refractivity contribution in [1.29, 1.82) is 0 Å². The van der Waals surface area contributed by atoms with E-state index >= 15 is 0 Å². The van der Waals surface area contributed by atoms with Gasteiger partial charge in [-0.05, 0) is 24.1 Å². The first-order valence-electron chi connectivity index (χ1n) is 11.3. The van der Waals surface area contributed by atoms with Gasteiger partial charge in [-0.3, -0.25) is 4.57 Å². The van der Waals surface area contributed by atoms with Crippen LogP contribution in [0.25, 0.3) is 17.0 Å². The molecule has 0 bridgehead atoms. The summed E-state index contributed by atoms with van der Waals surface area (Å²) < 4.78 is 34.8. The van der Waals surface area contributed by atoms with Gasteiger partial charge in [0.25, 0.3) is 6.43 Å². The van der Waals surface area contributed by atoms with Crippen LogP contribution in [0.2, 0.25) is 0 Å². The Hall–Kier alpha value is -3.66. The first-order valence-corrected chi connectivity index (χ1v) is 11.3. The molecule has 0 aliphatic carbocycles. The SMILES string of the molecule is CCC(Nc1nc(N2CCOCC2)nc(-n2c(C(F)F)nc3ccccc32)n1)c1ccccc1. The molecule has 34 heavy (non-hydrogen) atoms. The Morgan fingerprint density at radius 2 is 1.62 bits per heavy atom. The highest BCUT2D eigenvalue weighted by molar-refractivity contribution is 5.77. The van der Waals surface area contributed by atoms with Crippen molar-refractivity contribution in [2.45, 2.75) is 25.8 Å². The quantitative estimate of drug-likeness (QED) is 0.429. The van der Waals surface area contributed by atoms with E-state index in [1.165, 1.54) is 4.57 Å². The van der Waals surface area contributed by atoms with E-state index < -0.39 is 12.2 Å². The van der Waals surface area contributed by atoms with Gasteiger partial charge in [-0.15, -0.1) is 0 Å². The maximum atomic E-state index is 14.0. The van der Waals surface area contributed by atoms with Crippen molar-refractivity contribution in [2.24, 2.45) is 0 Å². The molecule has 4 aromatic rings. The number of morpholine rings is 1. The van der Waals surface area contributed by atoms with Gasteiger partial charge >= 0.3 is 0 Å². The number of alkyl halides is 2. The van der Waals surface area contributed by atoms with E-state index in [0.717, 1.165) is 12.0 Å². The lowest BCUT2D eigenvalue weighted by atomic mass is 10.1. The van der Waals surface area contributed by atoms with Gasteiger partial charge < -0.3 is 15.0 Å². The normalized spacial score (nSPS) is 15.1. The number of hydrogen-bond donors (Lipinski definition) is 1. The molecule has 0 amide bonds. The molecule has 0 spiro atoms. The van der Waals surface area contributed by atoms with Gasteiger partial charge in [0, 0.05) is 13.1 Å². The van der Waals surface area contributed by atoms with E-state index in [0.29, 0.717) is 49.2 Å². The molecule has 1 fully saturated rings. The number of nitrogens with one attached hydrogen (secondary N) is 1. The molecule has 8 nitrogen and oxygen atoms in total. The van der Waals surface area contributed by atoms with Crippen LogP contribution < -0.4 is 10.2 Å². The van der Waals surface area contributed by atoms with Gasteiger partial charge in [-0.1, -0.05) is 49.4 Å². The summed E-state index contributed by atoms with van der Waals surface area (Å²) in [5.74, 6) is 0.434. The summed E-state index contributed by atoms with van der Waals surface area (Å²) in [6, 6.07) is 16.9. The van der Waals surface area contributed by atoms with Crippen molar-refractivity contribution in [3.8, 4) is 5.95 Å². The minimum Gasteiger partial charge on any atom is -0.378 e. The fourth-order valence-corrected chi connectivity index (χ4v) is 4.09. The molecular formula is C24H25F2N7O. The summed E-state index contributed by atoms with van der Waals surface area (Å²) in [7, 11) is 0. The van der Waals surface area contributed by atoms with E-state index in [1.807, 2.05) is 35.2 Å². The highest BCUT2D eigenvalue weighted by atomic mass is 19.3. The number of benzene rings is 2. The third-order valence-corrected chi connectivity index (χ3v) is 5.80. The summed E-state index contributed by atoms with van der Waals surface area (Å²) in [6.07, 6.45) is -2.01. The van der Waals surface area contributed by atoms with Crippen LogP contribution in [0.4, 0.5) is 20.7 Å². The Labute approximate surface area is 195 Å². The monoisotopic (exact) mass is 465 g/mol. The fourth-order valence-electron chi connectivity index (χ4n) is 4.09. The molecule has 3 heterocycles. The summed E-state index contributed by atoms with van der Waals surface area (Å²) in [5, 5.41) is 3.38. The van der Waals surface area contributed by atoms with Crippen LogP contribution in [0.5, 0.6) is 0 Å². The first-order chi connectivity index (χ1) is 16.6. The third-order valence-electron chi connectivity index (χ3n) is 5.80. The van der Waals surface area contributed by atoms with Crippen LogP contribution in [-0.2, 0) is 4.74 Å². The largest absolute Gasteiger partial charge is 0.378 e. The number of halogens is 2. The van der Waals surface area contributed by atoms with Crippen molar-refractivity contribution < 1.29 is 13.5 Å². The molecule has 2 aromatic heterocycles. The molecule has 10 heteroatoms. The van der Waals surface area contributed by atoms with E-state index in [-0.39, 0.29) is 12.0 Å². The molecule has 1 saturated heterocycles. The van der Waals surface area contributed by atoms with E-state index in [2.05, 4.69) is 32.2 Å². The standard InChI is InChI=1S/C24H25F2N7O/c1-2-17(16-8-4-3-5-9-16)28-22-29-23(32-12-14-34-15-13-32)31-24(30-22)33-19-11-7-6-10-18(19)27-21(33)20(25)26/h3-11,17,20H,2,12-15H2,1H3,(H,28,29,30,31). The van der Waals surface area contributed by atoms with Crippen molar-refractivity contribution in [1.82, 2.24) is 24.5 Å². The average Bonchev–Trinajstić information content (AvgIpc) is 3.28. The maximum Gasteiger partial charge on any atom is 0.296 e. The lowest BCUT2D eigenvalue weighted by molar-refractivity contribution is 0.122. The number of imidazole rings is 1. The Morgan fingerprint density at radius 1 is 0.912 bits per heavy atom. The van der Waals surface area contributed by atoms with Gasteiger partial charge in [0.15, 0.2) is 5.82 Å². The third kappa shape index (κ3) is 4.41. The molecular weight excluding hydrogens is 440 g/mol. The maximum absolute atomic E-state index is 14.0. The van der Waals surface area contributed by atoms with Crippen LogP contribution in [0, 0.1) is 0 Å². The molecule has 1 atom stereocenters. The van der Waals surface area contributed by atoms with Gasteiger partial charge in [0.1, 0.15) is 0 Å². The van der Waals surface area contributed by atoms with E-state index in [9.17, 15) is 8.78 Å². The number of hydrogen-bond acceptors (Lipinski definition) is 7. The van der Waals surface area contributed by atoms with Crippen LogP contribution in [0.1, 0.15) is 37.2 Å². The molecule has 1 aliphatic heterocycles. The van der Waals surface area contributed by atoms with E-state index in [1.54, 1.807) is 24.3 Å². The van der Waals surface area contributed by atoms with Crippen molar-refractivity contribution in [2.75, 3.05) is 36.5 Å². The minimum absolute atomic E-state index is 0.0527. The predicted molar refractivity (Wildman–Crippen MR) is 126 cm³/mol. The van der Waals surface area contributed by atoms with Crippen LogP contribution in [0.3, 0.4) is 0 Å². The van der Waals surface area contributed by atoms with Gasteiger partial charge in [-0.25, -0.2) is 13.8 Å². The zero-order valence-corrected chi connectivity index (χ0v) is 18.7. The summed E-state index contributed by atoms with van der Waals surface area (Å²) in [5.41, 5.74) is 2.05. The van der Waals surface area contributed by atoms with Crippen molar-refractivity contribution >= 4 is 22.9 Å². The predicted octanol–water partition coefficient (Wildman–Crippen LogP) is 4.55. The number of aromatic nitrogens is 5. The molecule has 5 rings (SSSR count). The van der Waals surface area contributed by atoms with Crippen LogP contribution >= 0.6 is 0 Å². The van der Waals surface area contributed by atoms with E-state index in [4.69, 9.17) is 4.74 Å². The second kappa shape index (κ2) is 9.68. The first kappa shape index (κ1) is 22.1. The number of rotatable bonds is 7. The highest BCUT2D eigenvalue weighted by Crippen LogP contribution is 2.28. The van der Waals surface area contributed by atoms with Crippen molar-refractivity contribution in [3.63, 3.8) is 0 Å². The number of nitrogens with zero attached hydrogens (tertiary/aromatic N) is 6. The summed E-state index contributed by atoms with van der Waals surface area (Å²) >= 11 is 0. The molecule has 0 saturated carbocycles. The number of fused-ring (bicyclic) bond motifs is 1. The lowest BCUT2D eigenvalue weighted by Crippen LogP contribution is -2.37. The van der Waals surface area contributed by atoms with Crippen LogP contribution in [-0.4, -0.2) is 50.8 Å². The zero-order chi connectivity index (χ0) is 23.5. The zero-order valence-electron chi connectivity index (χ0n) is 18.7. The van der Waals surface area contributed by atoms with Crippen LogP contribution in [0.15, 0.2) is 54.6 Å². The lowest BCUT2D eigenvalue weighted by Gasteiger charge is -2.27. The van der Waals surface area contributed by atoms with Gasteiger partial charge in [0.05, 0.1) is 30.3 Å². The average molecular weight is 466 g/mol. The minimum atomic E-state index is -2.79. The smallest absolute Gasteiger partial charge is 0.296 e. The molecule has 0 radical (unpaired) electrons. The Balaban J connectivity index is 1.63. The number of anilines is 2. The highest BCUT2D eigenvalue weighted by Gasteiger charge is 2.25. The second-order valence-electron chi connectivity index (χ2n) is 7.97. The Morgan fingerprint density at radius 3 is 2.35 bits per heavy atom. The molecule has 176 valence electrons. The molecule has 1 unspecified atom stereocenters. The van der Waals surface area contributed by atoms with Gasteiger partial charge in [-0.2, -0.15) is 15.0 Å². The second-order valence-corrected chi connectivity index (χ2v) is 7.97. The molecule has 1 N–H and O–H groups in total. The fraction of sp³-hybridized carbons (Fsp3) is 0.333. The van der Waals surface area contributed by atoms with Gasteiger partial charge in [0.2, 0.25) is 17.8 Å². The summed E-state index contributed by atoms with van der Waals surface area (Å²) in [6.45, 7) is 4.35. The Kier molecular flexibility index (Phi) is 6.31. The number of ether oxygens (including phenoxy) is 1. The topological polar surface area (TPSA) is 81.0 Å². The number of para-hydroxylation sites is 2. The molecule has 2 aromatic carbocycles. The summed E-state index contributed by atoms with van der Waals surface area (Å²) in [4.78, 5) is 19.9. The molecule has 1 aliphatic rings. The Bertz CT molecular complexity index is 1260. The van der Waals surface area contributed by atoms with Crippen molar-refractivity contribution in [3.05, 3.63) is 66.0 Å².